The fourth-order valence-corrected chi connectivity index (χ4v) is 2.96. The van der Waals surface area contributed by atoms with Crippen molar-refractivity contribution in [2.45, 2.75) is 17.4 Å². The number of hydrogen-bond acceptors (Lipinski definition) is 5. The third kappa shape index (κ3) is 5.10. The molecule has 0 amide bonds. The van der Waals surface area contributed by atoms with Gasteiger partial charge in [0.2, 0.25) is 0 Å². The van der Waals surface area contributed by atoms with Gasteiger partial charge in [0.1, 0.15) is 6.10 Å². The van der Waals surface area contributed by atoms with Crippen LogP contribution in [0.2, 0.25) is 5.02 Å². The van der Waals surface area contributed by atoms with Gasteiger partial charge in [-0.15, -0.1) is 6.58 Å². The molecule has 2 rings (SSSR count). The number of sulfonamides is 1. The van der Waals surface area contributed by atoms with E-state index >= 15 is 0 Å². The minimum atomic E-state index is -3.99. The number of nitro groups is 1. The van der Waals surface area contributed by atoms with Gasteiger partial charge in [0.05, 0.1) is 9.82 Å². The standard InChI is InChI=1S/C16H15ClN2O5S/c1-2-3-16(12-4-6-13(17)7-5-12)24-18-25(22,23)15-10-8-14(9-11-15)19(20)21/h2,4-11,16,18H,1,3H2. The van der Waals surface area contributed by atoms with Gasteiger partial charge in [-0.1, -0.05) is 34.7 Å². The molecule has 0 saturated heterocycles. The molecule has 9 heteroatoms. The molecule has 0 radical (unpaired) electrons. The summed E-state index contributed by atoms with van der Waals surface area (Å²) in [5, 5.41) is 11.2. The minimum absolute atomic E-state index is 0.147. The molecule has 2 aromatic carbocycles. The Kier molecular flexibility index (Phi) is 6.27. The number of halogens is 1. The van der Waals surface area contributed by atoms with Crippen molar-refractivity contribution in [3.8, 4) is 0 Å². The van der Waals surface area contributed by atoms with E-state index in [0.717, 1.165) is 29.8 Å². The molecule has 0 aliphatic heterocycles. The Morgan fingerprint density at radius 1 is 1.20 bits per heavy atom. The number of non-ortho nitro benzene ring substituents is 1. The highest BCUT2D eigenvalue weighted by atomic mass is 35.5. The normalized spacial score (nSPS) is 12.5. The van der Waals surface area contributed by atoms with Crippen molar-refractivity contribution < 1.29 is 18.2 Å². The average molecular weight is 383 g/mol. The molecule has 0 aliphatic rings. The molecule has 0 fully saturated rings. The predicted molar refractivity (Wildman–Crippen MR) is 93.5 cm³/mol. The van der Waals surface area contributed by atoms with Gasteiger partial charge in [0.25, 0.3) is 15.7 Å². The highest BCUT2D eigenvalue weighted by Crippen LogP contribution is 2.23. The third-order valence-corrected chi connectivity index (χ3v) is 4.74. The lowest BCUT2D eigenvalue weighted by Gasteiger charge is -2.17. The van der Waals surface area contributed by atoms with Crippen LogP contribution in [0.25, 0.3) is 0 Å². The van der Waals surface area contributed by atoms with Crippen LogP contribution < -0.4 is 4.89 Å². The monoisotopic (exact) mass is 382 g/mol. The molecule has 132 valence electrons. The topological polar surface area (TPSA) is 98.5 Å². The first-order valence-electron chi connectivity index (χ1n) is 7.12. The Balaban J connectivity index is 2.13. The summed E-state index contributed by atoms with van der Waals surface area (Å²) in [5.41, 5.74) is 0.515. The summed E-state index contributed by atoms with van der Waals surface area (Å²) in [6.07, 6.45) is 1.37. The lowest BCUT2D eigenvalue weighted by atomic mass is 10.1. The average Bonchev–Trinajstić information content (AvgIpc) is 2.59. The van der Waals surface area contributed by atoms with E-state index in [9.17, 15) is 18.5 Å². The Morgan fingerprint density at radius 3 is 2.32 bits per heavy atom. The maximum Gasteiger partial charge on any atom is 0.269 e. The molecule has 1 atom stereocenters. The molecule has 0 saturated carbocycles. The van der Waals surface area contributed by atoms with Crippen molar-refractivity contribution in [1.29, 1.82) is 0 Å². The summed E-state index contributed by atoms with van der Waals surface area (Å²) in [4.78, 5) is 17.2. The highest BCUT2D eigenvalue weighted by molar-refractivity contribution is 7.89. The quantitative estimate of drug-likeness (QED) is 0.425. The Labute approximate surface area is 150 Å². The summed E-state index contributed by atoms with van der Waals surface area (Å²) in [5.74, 6) is 0. The number of nitrogens with one attached hydrogen (secondary N) is 1. The molecule has 0 spiro atoms. The van der Waals surface area contributed by atoms with Crippen molar-refractivity contribution >= 4 is 27.3 Å². The Hall–Kier alpha value is -2.26. The van der Waals surface area contributed by atoms with Crippen LogP contribution in [0.4, 0.5) is 5.69 Å². The van der Waals surface area contributed by atoms with Crippen LogP contribution in [0.3, 0.4) is 0 Å². The van der Waals surface area contributed by atoms with Crippen molar-refractivity contribution in [3.63, 3.8) is 0 Å². The van der Waals surface area contributed by atoms with E-state index < -0.39 is 21.1 Å². The van der Waals surface area contributed by atoms with E-state index in [1.165, 1.54) is 0 Å². The van der Waals surface area contributed by atoms with E-state index in [1.54, 1.807) is 30.3 Å². The molecule has 1 unspecified atom stereocenters. The van der Waals surface area contributed by atoms with E-state index in [0.29, 0.717) is 11.4 Å². The second-order valence-corrected chi connectivity index (χ2v) is 7.10. The summed E-state index contributed by atoms with van der Waals surface area (Å²) in [6.45, 7) is 3.63. The summed E-state index contributed by atoms with van der Waals surface area (Å²) >= 11 is 5.84. The van der Waals surface area contributed by atoms with Crippen LogP contribution in [-0.4, -0.2) is 13.3 Å². The van der Waals surface area contributed by atoms with Crippen molar-refractivity contribution in [1.82, 2.24) is 4.89 Å². The Bertz CT molecular complexity index is 851. The van der Waals surface area contributed by atoms with E-state index in [-0.39, 0.29) is 10.6 Å². The molecule has 0 aromatic heterocycles. The first-order valence-corrected chi connectivity index (χ1v) is 8.98. The zero-order valence-corrected chi connectivity index (χ0v) is 14.5. The largest absolute Gasteiger partial charge is 0.278 e. The molecular weight excluding hydrogens is 368 g/mol. The molecular formula is C16H15ClN2O5S. The van der Waals surface area contributed by atoms with Gasteiger partial charge in [-0.3, -0.25) is 15.0 Å². The van der Waals surface area contributed by atoms with Crippen molar-refractivity contribution in [2.75, 3.05) is 0 Å². The second kappa shape index (κ2) is 8.21. The molecule has 7 nitrogen and oxygen atoms in total. The van der Waals surface area contributed by atoms with Gasteiger partial charge in [-0.25, -0.2) is 8.42 Å². The molecule has 0 bridgehead atoms. The fraction of sp³-hybridized carbons (Fsp3) is 0.125. The van der Waals surface area contributed by atoms with Crippen LogP contribution in [0.15, 0.2) is 66.1 Å². The Morgan fingerprint density at radius 2 is 1.80 bits per heavy atom. The zero-order valence-electron chi connectivity index (χ0n) is 13.0. The van der Waals surface area contributed by atoms with E-state index in [1.807, 2.05) is 4.89 Å². The van der Waals surface area contributed by atoms with Crippen LogP contribution >= 0.6 is 11.6 Å². The lowest BCUT2D eigenvalue weighted by molar-refractivity contribution is -0.384. The number of nitrogens with zero attached hydrogens (tertiary/aromatic N) is 1. The maximum atomic E-state index is 12.3. The summed E-state index contributed by atoms with van der Waals surface area (Å²) < 4.78 is 24.5. The van der Waals surface area contributed by atoms with Gasteiger partial charge >= 0.3 is 0 Å². The number of hydrogen-bond donors (Lipinski definition) is 1. The maximum absolute atomic E-state index is 12.3. The van der Waals surface area contributed by atoms with E-state index in [4.69, 9.17) is 16.4 Å². The number of nitro benzene ring substituents is 1. The molecule has 1 N–H and O–H groups in total. The predicted octanol–water partition coefficient (Wildman–Crippen LogP) is 3.78. The summed E-state index contributed by atoms with van der Waals surface area (Å²) in [6, 6.07) is 11.3. The molecule has 0 heterocycles. The fourth-order valence-electron chi connectivity index (χ4n) is 2.00. The molecule has 2 aromatic rings. The lowest BCUT2D eigenvalue weighted by Crippen LogP contribution is -2.26. The zero-order chi connectivity index (χ0) is 18.4. The van der Waals surface area contributed by atoms with Gasteiger partial charge in [-0.05, 0) is 36.2 Å². The minimum Gasteiger partial charge on any atom is -0.278 e. The number of benzene rings is 2. The van der Waals surface area contributed by atoms with E-state index in [2.05, 4.69) is 6.58 Å². The van der Waals surface area contributed by atoms with Gasteiger partial charge in [0.15, 0.2) is 0 Å². The summed E-state index contributed by atoms with van der Waals surface area (Å²) in [7, 11) is -3.99. The van der Waals surface area contributed by atoms with Crippen LogP contribution in [0.5, 0.6) is 0 Å². The first kappa shape index (κ1) is 19.1. The van der Waals surface area contributed by atoms with Crippen LogP contribution in [0.1, 0.15) is 18.1 Å². The smallest absolute Gasteiger partial charge is 0.269 e. The SMILES string of the molecule is C=CCC(ONS(=O)(=O)c1ccc([N+](=O)[O-])cc1)c1ccc(Cl)cc1. The molecule has 25 heavy (non-hydrogen) atoms. The van der Waals surface area contributed by atoms with Crippen LogP contribution in [-0.2, 0) is 14.9 Å². The van der Waals surface area contributed by atoms with Gasteiger partial charge in [0, 0.05) is 17.2 Å². The van der Waals surface area contributed by atoms with Crippen molar-refractivity contribution in [3.05, 3.63) is 81.9 Å². The molecule has 0 aliphatic carbocycles. The van der Waals surface area contributed by atoms with Gasteiger partial charge in [-0.2, -0.15) is 0 Å². The number of rotatable bonds is 8. The highest BCUT2D eigenvalue weighted by Gasteiger charge is 2.19. The second-order valence-electron chi connectivity index (χ2n) is 5.02. The third-order valence-electron chi connectivity index (χ3n) is 3.28. The van der Waals surface area contributed by atoms with Crippen LogP contribution in [0, 0.1) is 10.1 Å². The van der Waals surface area contributed by atoms with Gasteiger partial charge < -0.3 is 0 Å². The first-order chi connectivity index (χ1) is 11.8. The van der Waals surface area contributed by atoms with Crippen molar-refractivity contribution in [2.24, 2.45) is 0 Å².